The summed E-state index contributed by atoms with van der Waals surface area (Å²) in [5, 5.41) is 15.7. The molecule has 1 N–H and O–H groups in total. The van der Waals surface area contributed by atoms with Crippen molar-refractivity contribution in [3.8, 4) is 5.75 Å². The Morgan fingerprint density at radius 1 is 1.15 bits per heavy atom. The van der Waals surface area contributed by atoms with Gasteiger partial charge in [0.2, 0.25) is 0 Å². The van der Waals surface area contributed by atoms with E-state index in [0.29, 0.717) is 6.54 Å². The Kier molecular flexibility index (Phi) is 3.20. The quantitative estimate of drug-likeness (QED) is 0.785. The Hall–Kier alpha value is -2.63. The molecule has 0 unspecified atom stereocenters. The molecule has 2 aromatic heterocycles. The van der Waals surface area contributed by atoms with E-state index in [1.165, 1.54) is 0 Å². The number of nitrogens with zero attached hydrogens (tertiary/aromatic N) is 4. The van der Waals surface area contributed by atoms with Crippen molar-refractivity contribution in [1.82, 2.24) is 19.8 Å². The van der Waals surface area contributed by atoms with E-state index in [4.69, 9.17) is 4.74 Å². The van der Waals surface area contributed by atoms with Gasteiger partial charge in [-0.3, -0.25) is 0 Å². The lowest BCUT2D eigenvalue weighted by Gasteiger charge is -2.09. The molecule has 3 rings (SSSR count). The Balaban J connectivity index is 1.81. The molecule has 0 fully saturated rings. The lowest BCUT2D eigenvalue weighted by Crippen LogP contribution is -2.05. The Labute approximate surface area is 116 Å². The van der Waals surface area contributed by atoms with E-state index in [1.807, 2.05) is 43.3 Å². The molecule has 0 spiro atoms. The molecule has 6 nitrogen and oxygen atoms in total. The first-order chi connectivity index (χ1) is 9.78. The summed E-state index contributed by atoms with van der Waals surface area (Å²) in [4.78, 5) is 0. The number of para-hydroxylation sites is 1. The monoisotopic (exact) mass is 269 g/mol. The highest BCUT2D eigenvalue weighted by molar-refractivity contribution is 5.45. The zero-order valence-electron chi connectivity index (χ0n) is 11.4. The average molecular weight is 269 g/mol. The van der Waals surface area contributed by atoms with Crippen LogP contribution in [0.5, 0.6) is 5.75 Å². The minimum Gasteiger partial charge on any atom is -0.496 e. The minimum atomic E-state index is 0.643. The summed E-state index contributed by atoms with van der Waals surface area (Å²) < 4.78 is 7.04. The van der Waals surface area contributed by atoms with Gasteiger partial charge in [-0.25, -0.2) is 0 Å². The third-order valence-corrected chi connectivity index (χ3v) is 3.07. The van der Waals surface area contributed by atoms with Crippen LogP contribution in [-0.4, -0.2) is 26.9 Å². The van der Waals surface area contributed by atoms with Gasteiger partial charge in [0.15, 0.2) is 11.5 Å². The van der Waals surface area contributed by atoms with E-state index in [9.17, 15) is 0 Å². The summed E-state index contributed by atoms with van der Waals surface area (Å²) in [5.41, 5.74) is 1.82. The fourth-order valence-corrected chi connectivity index (χ4v) is 2.03. The number of aryl methyl sites for hydroxylation is 1. The van der Waals surface area contributed by atoms with Gasteiger partial charge in [-0.05, 0) is 25.1 Å². The predicted molar refractivity (Wildman–Crippen MR) is 75.8 cm³/mol. The fourth-order valence-electron chi connectivity index (χ4n) is 2.03. The number of hydrogen-bond donors (Lipinski definition) is 1. The topological polar surface area (TPSA) is 64.3 Å². The van der Waals surface area contributed by atoms with Crippen LogP contribution in [0.3, 0.4) is 0 Å². The number of rotatable bonds is 4. The molecule has 0 bridgehead atoms. The highest BCUT2D eigenvalue weighted by Crippen LogP contribution is 2.18. The van der Waals surface area contributed by atoms with Crippen molar-refractivity contribution in [2.24, 2.45) is 0 Å². The molecule has 0 aliphatic rings. The standard InChI is InChI=1S/C14H15N5O/c1-10-16-17-14-8-7-13(18-19(10)14)15-9-11-5-3-4-6-12(11)20-2/h3-8H,9H2,1-2H3,(H,15,18). The number of ether oxygens (including phenoxy) is 1. The van der Waals surface area contributed by atoms with E-state index in [-0.39, 0.29) is 0 Å². The van der Waals surface area contributed by atoms with Gasteiger partial charge >= 0.3 is 0 Å². The first-order valence-corrected chi connectivity index (χ1v) is 6.33. The molecule has 0 aliphatic carbocycles. The van der Waals surface area contributed by atoms with Crippen molar-refractivity contribution < 1.29 is 4.74 Å². The second-order valence-corrected chi connectivity index (χ2v) is 4.40. The van der Waals surface area contributed by atoms with Gasteiger partial charge in [-0.15, -0.1) is 15.3 Å². The van der Waals surface area contributed by atoms with Crippen LogP contribution >= 0.6 is 0 Å². The van der Waals surface area contributed by atoms with Crippen LogP contribution in [0.2, 0.25) is 0 Å². The molecule has 0 aliphatic heterocycles. The van der Waals surface area contributed by atoms with Gasteiger partial charge in [0.1, 0.15) is 11.6 Å². The van der Waals surface area contributed by atoms with Crippen LogP contribution < -0.4 is 10.1 Å². The van der Waals surface area contributed by atoms with Crippen LogP contribution in [0.15, 0.2) is 36.4 Å². The second kappa shape index (κ2) is 5.16. The van der Waals surface area contributed by atoms with Crippen LogP contribution in [0, 0.1) is 6.92 Å². The number of fused-ring (bicyclic) bond motifs is 1. The number of anilines is 1. The highest BCUT2D eigenvalue weighted by atomic mass is 16.5. The molecule has 20 heavy (non-hydrogen) atoms. The molecule has 0 saturated heterocycles. The van der Waals surface area contributed by atoms with Crippen LogP contribution in [0.25, 0.3) is 5.65 Å². The van der Waals surface area contributed by atoms with Gasteiger partial charge in [-0.1, -0.05) is 18.2 Å². The molecule has 102 valence electrons. The fraction of sp³-hybridized carbons (Fsp3) is 0.214. The molecule has 3 aromatic rings. The minimum absolute atomic E-state index is 0.643. The number of methoxy groups -OCH3 is 1. The highest BCUT2D eigenvalue weighted by Gasteiger charge is 2.05. The van der Waals surface area contributed by atoms with Crippen molar-refractivity contribution in [2.75, 3.05) is 12.4 Å². The zero-order valence-corrected chi connectivity index (χ0v) is 11.4. The lowest BCUT2D eigenvalue weighted by atomic mass is 10.2. The largest absolute Gasteiger partial charge is 0.496 e. The first kappa shape index (κ1) is 12.4. The predicted octanol–water partition coefficient (Wildman–Crippen LogP) is 2.05. The van der Waals surface area contributed by atoms with E-state index >= 15 is 0 Å². The van der Waals surface area contributed by atoms with Crippen molar-refractivity contribution >= 4 is 11.5 Å². The van der Waals surface area contributed by atoms with Crippen molar-refractivity contribution in [2.45, 2.75) is 13.5 Å². The third kappa shape index (κ3) is 2.27. The summed E-state index contributed by atoms with van der Waals surface area (Å²) in [7, 11) is 1.67. The van der Waals surface area contributed by atoms with Crippen molar-refractivity contribution in [3.63, 3.8) is 0 Å². The van der Waals surface area contributed by atoms with Gasteiger partial charge in [0, 0.05) is 12.1 Å². The van der Waals surface area contributed by atoms with Crippen LogP contribution in [0.4, 0.5) is 5.82 Å². The van der Waals surface area contributed by atoms with Gasteiger partial charge in [-0.2, -0.15) is 4.52 Å². The molecule has 1 aromatic carbocycles. The lowest BCUT2D eigenvalue weighted by molar-refractivity contribution is 0.410. The van der Waals surface area contributed by atoms with E-state index in [2.05, 4.69) is 20.6 Å². The third-order valence-electron chi connectivity index (χ3n) is 3.07. The maximum atomic E-state index is 5.33. The summed E-state index contributed by atoms with van der Waals surface area (Å²) in [5.74, 6) is 2.40. The smallest absolute Gasteiger partial charge is 0.178 e. The Morgan fingerprint density at radius 3 is 2.85 bits per heavy atom. The molecule has 2 heterocycles. The first-order valence-electron chi connectivity index (χ1n) is 6.33. The maximum Gasteiger partial charge on any atom is 0.178 e. The normalized spacial score (nSPS) is 10.7. The number of benzene rings is 1. The molecule has 0 atom stereocenters. The SMILES string of the molecule is COc1ccccc1CNc1ccc2nnc(C)n2n1. The molecule has 6 heteroatoms. The van der Waals surface area contributed by atoms with Crippen molar-refractivity contribution in [3.05, 3.63) is 47.8 Å². The van der Waals surface area contributed by atoms with Gasteiger partial charge in [0.05, 0.1) is 7.11 Å². The average Bonchev–Trinajstić information content (AvgIpc) is 2.86. The summed E-state index contributed by atoms with van der Waals surface area (Å²) in [6, 6.07) is 11.7. The molecular weight excluding hydrogens is 254 g/mol. The molecular formula is C14H15N5O. The van der Waals surface area contributed by atoms with Crippen molar-refractivity contribution in [1.29, 1.82) is 0 Å². The van der Waals surface area contributed by atoms with E-state index in [0.717, 1.165) is 28.6 Å². The summed E-state index contributed by atoms with van der Waals surface area (Å²) in [6.45, 7) is 2.51. The van der Waals surface area contributed by atoms with Gasteiger partial charge < -0.3 is 10.1 Å². The van der Waals surface area contributed by atoms with Crippen LogP contribution in [-0.2, 0) is 6.54 Å². The van der Waals surface area contributed by atoms with Gasteiger partial charge in [0.25, 0.3) is 0 Å². The molecule has 0 radical (unpaired) electrons. The maximum absolute atomic E-state index is 5.33. The van der Waals surface area contributed by atoms with E-state index in [1.54, 1.807) is 11.6 Å². The molecule has 0 amide bonds. The number of hydrogen-bond acceptors (Lipinski definition) is 5. The molecule has 0 saturated carbocycles. The number of nitrogens with one attached hydrogen (secondary N) is 1. The Morgan fingerprint density at radius 2 is 2.00 bits per heavy atom. The second-order valence-electron chi connectivity index (χ2n) is 4.40. The number of aromatic nitrogens is 4. The summed E-state index contributed by atoms with van der Waals surface area (Å²) >= 11 is 0. The van der Waals surface area contributed by atoms with E-state index < -0.39 is 0 Å². The zero-order chi connectivity index (χ0) is 13.9. The van der Waals surface area contributed by atoms with Crippen LogP contribution in [0.1, 0.15) is 11.4 Å². The Bertz CT molecular complexity index is 737. The summed E-state index contributed by atoms with van der Waals surface area (Å²) in [6.07, 6.45) is 0.